The van der Waals surface area contributed by atoms with E-state index in [2.05, 4.69) is 31.9 Å². The molecule has 1 saturated carbocycles. The van der Waals surface area contributed by atoms with E-state index in [-0.39, 0.29) is 25.1 Å². The Morgan fingerprint density at radius 1 is 1.04 bits per heavy atom. The lowest BCUT2D eigenvalue weighted by molar-refractivity contribution is -0.142. The van der Waals surface area contributed by atoms with Gasteiger partial charge in [0.1, 0.15) is 23.9 Å². The van der Waals surface area contributed by atoms with Crippen LogP contribution >= 0.6 is 0 Å². The van der Waals surface area contributed by atoms with Crippen LogP contribution in [0.5, 0.6) is 0 Å². The number of aromatic amines is 1. The Morgan fingerprint density at radius 2 is 1.78 bits per heavy atom. The number of aryl methyl sites for hydroxylation is 1. The first-order valence-electron chi connectivity index (χ1n) is 18.5. The van der Waals surface area contributed by atoms with Gasteiger partial charge in [-0.05, 0) is 80.9 Å². The van der Waals surface area contributed by atoms with E-state index in [4.69, 9.17) is 4.74 Å². The molecule has 1 aromatic heterocycles. The van der Waals surface area contributed by atoms with Gasteiger partial charge in [0, 0.05) is 12.1 Å². The molecule has 0 radical (unpaired) electrons. The van der Waals surface area contributed by atoms with Crippen molar-refractivity contribution in [2.24, 2.45) is 5.41 Å². The number of carbonyl (C=O) groups excluding carboxylic acids is 4. The van der Waals surface area contributed by atoms with Gasteiger partial charge in [-0.25, -0.2) is 18.2 Å². The van der Waals surface area contributed by atoms with Crippen LogP contribution in [-0.2, 0) is 35.6 Å². The van der Waals surface area contributed by atoms with Gasteiger partial charge in [0.2, 0.25) is 21.8 Å². The fourth-order valence-corrected chi connectivity index (χ4v) is 7.81. The summed E-state index contributed by atoms with van der Waals surface area (Å²) in [5.74, 6) is -1.39. The van der Waals surface area contributed by atoms with E-state index in [1.807, 2.05) is 48.5 Å². The molecular weight excluding hydrogens is 713 g/mol. The number of hydrogen-bond acceptors (Lipinski definition) is 9. The molecule has 3 atom stereocenters. The van der Waals surface area contributed by atoms with Gasteiger partial charge in [0.25, 0.3) is 11.5 Å². The molecule has 2 heterocycles. The number of unbranched alkanes of at least 4 members (excludes halogenated alkanes) is 2. The molecule has 5 rings (SSSR count). The number of ether oxygens (including phenoxy) is 1. The average molecular weight is 763 g/mol. The summed E-state index contributed by atoms with van der Waals surface area (Å²) in [6.45, 7) is 9.41. The Morgan fingerprint density at radius 3 is 2.46 bits per heavy atom. The highest BCUT2D eigenvalue weighted by Crippen LogP contribution is 2.28. The maximum absolute atomic E-state index is 13.9. The Bertz CT molecular complexity index is 2020. The normalized spacial score (nSPS) is 17.0. The number of amides is 4. The van der Waals surface area contributed by atoms with Crippen molar-refractivity contribution in [2.75, 3.05) is 13.2 Å². The zero-order valence-electron chi connectivity index (χ0n) is 31.1. The second-order valence-electron chi connectivity index (χ2n) is 15.0. The smallest absolute Gasteiger partial charge is 0.407 e. The zero-order valence-corrected chi connectivity index (χ0v) is 31.9. The summed E-state index contributed by atoms with van der Waals surface area (Å²) in [6, 6.07) is 12.0. The number of nitrogens with zero attached hydrogens (tertiary/aromatic N) is 2. The molecule has 2 aromatic carbocycles. The SMILES string of the molecule is C=CCC(NC(=O)[C@@H]1CCCN1C(=O)[C@@H](NC(=O)OCCCCCc1ccc2nc(-c3ccccc3)[nH]c(=O)c2c1)C(C)(C)C)C(=O)NS(=O)(=O)C1CC1. The lowest BCUT2D eigenvalue weighted by Gasteiger charge is -2.35. The first-order valence-corrected chi connectivity index (χ1v) is 20.0. The van der Waals surface area contributed by atoms with Crippen molar-refractivity contribution in [3.05, 3.63) is 77.1 Å². The molecule has 290 valence electrons. The first kappa shape index (κ1) is 40.1. The average Bonchev–Trinajstić information content (AvgIpc) is 3.89. The third-order valence-corrected chi connectivity index (χ3v) is 11.4. The highest BCUT2D eigenvalue weighted by molar-refractivity contribution is 7.90. The lowest BCUT2D eigenvalue weighted by Crippen LogP contribution is -2.59. The van der Waals surface area contributed by atoms with Gasteiger partial charge in [0.05, 0.1) is 22.8 Å². The number of sulfonamides is 1. The fourth-order valence-electron chi connectivity index (χ4n) is 6.46. The summed E-state index contributed by atoms with van der Waals surface area (Å²) >= 11 is 0. The molecule has 1 aliphatic heterocycles. The zero-order chi connectivity index (χ0) is 39.0. The van der Waals surface area contributed by atoms with Crippen LogP contribution in [0.2, 0.25) is 0 Å². The quantitative estimate of drug-likeness (QED) is 0.123. The van der Waals surface area contributed by atoms with Crippen molar-refractivity contribution in [1.29, 1.82) is 0 Å². The van der Waals surface area contributed by atoms with Gasteiger partial charge in [-0.15, -0.1) is 6.58 Å². The molecule has 14 nitrogen and oxygen atoms in total. The number of H-pyrrole nitrogens is 1. The minimum absolute atomic E-state index is 0.00497. The summed E-state index contributed by atoms with van der Waals surface area (Å²) in [6.07, 6.45) is 5.35. The van der Waals surface area contributed by atoms with Gasteiger partial charge in [-0.3, -0.25) is 23.9 Å². The summed E-state index contributed by atoms with van der Waals surface area (Å²) in [7, 11) is -3.82. The molecule has 1 saturated heterocycles. The van der Waals surface area contributed by atoms with E-state index < -0.39 is 62.6 Å². The van der Waals surface area contributed by atoms with Crippen molar-refractivity contribution in [3.8, 4) is 11.4 Å². The van der Waals surface area contributed by atoms with Crippen LogP contribution < -0.4 is 20.9 Å². The number of hydrogen-bond donors (Lipinski definition) is 4. The van der Waals surface area contributed by atoms with E-state index in [1.165, 1.54) is 11.0 Å². The highest BCUT2D eigenvalue weighted by atomic mass is 32.2. The van der Waals surface area contributed by atoms with Crippen LogP contribution in [0.15, 0.2) is 66.0 Å². The minimum Gasteiger partial charge on any atom is -0.450 e. The van der Waals surface area contributed by atoms with Crippen molar-refractivity contribution in [3.63, 3.8) is 0 Å². The molecule has 2 aliphatic rings. The van der Waals surface area contributed by atoms with Gasteiger partial charge < -0.3 is 25.3 Å². The first-order chi connectivity index (χ1) is 25.7. The third kappa shape index (κ3) is 10.3. The predicted molar refractivity (Wildman–Crippen MR) is 205 cm³/mol. The Hall–Kier alpha value is -5.05. The van der Waals surface area contributed by atoms with Crippen LogP contribution in [0.4, 0.5) is 4.79 Å². The molecule has 54 heavy (non-hydrogen) atoms. The molecule has 15 heteroatoms. The topological polar surface area (TPSA) is 197 Å². The lowest BCUT2D eigenvalue weighted by atomic mass is 9.85. The van der Waals surface area contributed by atoms with Crippen LogP contribution in [0, 0.1) is 5.41 Å². The number of alkyl carbamates (subject to hydrolysis) is 1. The number of rotatable bonds is 16. The Balaban J connectivity index is 1.09. The summed E-state index contributed by atoms with van der Waals surface area (Å²) < 4.78 is 32.1. The van der Waals surface area contributed by atoms with E-state index in [0.29, 0.717) is 48.8 Å². The van der Waals surface area contributed by atoms with Crippen LogP contribution in [-0.4, -0.2) is 83.6 Å². The second-order valence-corrected chi connectivity index (χ2v) is 17.0. The largest absolute Gasteiger partial charge is 0.450 e. The molecule has 0 spiro atoms. The molecule has 4 N–H and O–H groups in total. The van der Waals surface area contributed by atoms with Gasteiger partial charge in [-0.2, -0.15) is 0 Å². The standard InChI is InChI=1S/C39H50N6O8S/c1-5-13-30(35(47)44-54(51,52)27-19-20-27)41-36(48)31-17-12-22-45(31)37(49)32(39(2,3)4)42-38(50)53-23-11-7-8-14-25-18-21-29-28(24-25)34(46)43-33(40-29)26-15-9-6-10-16-26/h5-6,9-10,15-16,18,21,24,27,30-32H,1,7-8,11-14,17,19-20,22-23H2,2-4H3,(H,41,48)(H,42,50)(H,44,47)(H,40,43,46)/t30?,31-,32+/m0/s1. The van der Waals surface area contributed by atoms with Crippen LogP contribution in [0.3, 0.4) is 0 Å². The number of likely N-dealkylation sites (tertiary alicyclic amines) is 1. The molecule has 0 bridgehead atoms. The van der Waals surface area contributed by atoms with Crippen LogP contribution in [0.25, 0.3) is 22.3 Å². The molecule has 4 amide bonds. The van der Waals surface area contributed by atoms with Crippen molar-refractivity contribution in [2.45, 2.75) is 102 Å². The maximum atomic E-state index is 13.9. The minimum atomic E-state index is -3.82. The monoisotopic (exact) mass is 762 g/mol. The summed E-state index contributed by atoms with van der Waals surface area (Å²) in [5.41, 5.74) is 1.53. The number of benzene rings is 2. The summed E-state index contributed by atoms with van der Waals surface area (Å²) in [5, 5.41) is 5.22. The third-order valence-electron chi connectivity index (χ3n) is 9.62. The van der Waals surface area contributed by atoms with E-state index in [0.717, 1.165) is 30.4 Å². The predicted octanol–water partition coefficient (Wildman–Crippen LogP) is 4.10. The highest BCUT2D eigenvalue weighted by Gasteiger charge is 2.43. The Labute approximate surface area is 315 Å². The molecule has 2 fully saturated rings. The van der Waals surface area contributed by atoms with Gasteiger partial charge >= 0.3 is 6.09 Å². The number of carbonyl (C=O) groups is 4. The van der Waals surface area contributed by atoms with Gasteiger partial charge in [0.15, 0.2) is 0 Å². The number of fused-ring (bicyclic) bond motifs is 1. The molecule has 1 aliphatic carbocycles. The van der Waals surface area contributed by atoms with Crippen molar-refractivity contribution in [1.82, 2.24) is 30.2 Å². The molecule has 3 aromatic rings. The second kappa shape index (κ2) is 17.4. The number of nitrogens with one attached hydrogen (secondary N) is 4. The Kier molecular flexibility index (Phi) is 12.9. The number of aromatic nitrogens is 2. The van der Waals surface area contributed by atoms with E-state index in [1.54, 1.807) is 20.8 Å². The van der Waals surface area contributed by atoms with E-state index >= 15 is 0 Å². The molecular formula is C39H50N6O8S. The fraction of sp³-hybridized carbons (Fsp3) is 0.487. The van der Waals surface area contributed by atoms with Crippen LogP contribution in [0.1, 0.15) is 77.7 Å². The van der Waals surface area contributed by atoms with Crippen molar-refractivity contribution >= 4 is 44.7 Å². The van der Waals surface area contributed by atoms with E-state index in [9.17, 15) is 32.4 Å². The van der Waals surface area contributed by atoms with Crippen molar-refractivity contribution < 1.29 is 32.3 Å². The summed E-state index contributed by atoms with van der Waals surface area (Å²) in [4.78, 5) is 74.7. The van der Waals surface area contributed by atoms with Gasteiger partial charge in [-0.1, -0.05) is 63.2 Å². The molecule has 1 unspecified atom stereocenters. The maximum Gasteiger partial charge on any atom is 0.407 e.